The normalized spacial score (nSPS) is 13.0. The van der Waals surface area contributed by atoms with E-state index in [-0.39, 0.29) is 10.6 Å². The standard InChI is InChI=1S/C9H6NO2/c11-10(12)9-5-4-7-2-1-3-8(7)6-9/h3-6H,2H2. The van der Waals surface area contributed by atoms with Crippen LogP contribution in [0.25, 0.3) is 6.08 Å². The predicted molar refractivity (Wildman–Crippen MR) is 44.5 cm³/mol. The first-order valence-electron chi connectivity index (χ1n) is 3.61. The fourth-order valence-corrected chi connectivity index (χ4v) is 1.26. The van der Waals surface area contributed by atoms with E-state index in [1.54, 1.807) is 18.2 Å². The maximum Gasteiger partial charge on any atom is 0.270 e. The third-order valence-corrected chi connectivity index (χ3v) is 1.89. The van der Waals surface area contributed by atoms with Gasteiger partial charge in [0.15, 0.2) is 0 Å². The number of nitrogens with zero attached hydrogens (tertiary/aromatic N) is 1. The van der Waals surface area contributed by atoms with E-state index in [2.05, 4.69) is 6.08 Å². The van der Waals surface area contributed by atoms with Gasteiger partial charge in [-0.05, 0) is 23.6 Å². The molecule has 1 aromatic rings. The van der Waals surface area contributed by atoms with Gasteiger partial charge in [0.05, 0.1) is 4.92 Å². The third kappa shape index (κ3) is 0.993. The van der Waals surface area contributed by atoms with Gasteiger partial charge in [0.25, 0.3) is 5.69 Å². The molecule has 3 nitrogen and oxygen atoms in total. The molecule has 1 aromatic carbocycles. The van der Waals surface area contributed by atoms with E-state index in [1.807, 2.05) is 0 Å². The van der Waals surface area contributed by atoms with Crippen LogP contribution < -0.4 is 0 Å². The monoisotopic (exact) mass is 160 g/mol. The summed E-state index contributed by atoms with van der Waals surface area (Å²) in [4.78, 5) is 9.99. The van der Waals surface area contributed by atoms with Crippen molar-refractivity contribution < 1.29 is 4.92 Å². The van der Waals surface area contributed by atoms with Gasteiger partial charge in [-0.2, -0.15) is 0 Å². The Balaban J connectivity index is 2.51. The maximum atomic E-state index is 10.4. The Morgan fingerprint density at radius 1 is 1.50 bits per heavy atom. The Morgan fingerprint density at radius 3 is 3.08 bits per heavy atom. The first-order valence-corrected chi connectivity index (χ1v) is 3.61. The molecule has 1 aliphatic carbocycles. The molecule has 0 saturated carbocycles. The van der Waals surface area contributed by atoms with Crippen molar-refractivity contribution in [3.05, 3.63) is 45.5 Å². The van der Waals surface area contributed by atoms with Gasteiger partial charge in [-0.15, -0.1) is 0 Å². The molecule has 0 unspecified atom stereocenters. The predicted octanol–water partition coefficient (Wildman–Crippen LogP) is 1.97. The van der Waals surface area contributed by atoms with E-state index in [9.17, 15) is 10.1 Å². The number of rotatable bonds is 1. The fraction of sp³-hybridized carbons (Fsp3) is 0.111. The van der Waals surface area contributed by atoms with Gasteiger partial charge in [0.1, 0.15) is 0 Å². The second kappa shape index (κ2) is 2.44. The topological polar surface area (TPSA) is 43.1 Å². The first-order chi connectivity index (χ1) is 5.77. The van der Waals surface area contributed by atoms with Crippen LogP contribution >= 0.6 is 0 Å². The number of hydrogen-bond donors (Lipinski definition) is 0. The quantitative estimate of drug-likeness (QED) is 0.465. The van der Waals surface area contributed by atoms with Crippen molar-refractivity contribution in [3.8, 4) is 0 Å². The average Bonchev–Trinajstić information content (AvgIpc) is 2.49. The van der Waals surface area contributed by atoms with Crippen molar-refractivity contribution in [3.63, 3.8) is 0 Å². The highest BCUT2D eigenvalue weighted by molar-refractivity contribution is 5.60. The van der Waals surface area contributed by atoms with Crippen molar-refractivity contribution in [2.24, 2.45) is 0 Å². The molecule has 0 fully saturated rings. The first kappa shape index (κ1) is 7.03. The van der Waals surface area contributed by atoms with Crippen LogP contribution in [-0.2, 0) is 6.42 Å². The van der Waals surface area contributed by atoms with Crippen LogP contribution in [0.15, 0.2) is 18.2 Å². The molecule has 3 heteroatoms. The average molecular weight is 160 g/mol. The van der Waals surface area contributed by atoms with Crippen LogP contribution in [0.3, 0.4) is 0 Å². The smallest absolute Gasteiger partial charge is 0.258 e. The van der Waals surface area contributed by atoms with Gasteiger partial charge in [0.2, 0.25) is 0 Å². The van der Waals surface area contributed by atoms with Crippen molar-refractivity contribution in [2.45, 2.75) is 6.42 Å². The largest absolute Gasteiger partial charge is 0.270 e. The summed E-state index contributed by atoms with van der Waals surface area (Å²) in [7, 11) is 0. The lowest BCUT2D eigenvalue weighted by Crippen LogP contribution is -1.89. The molecular formula is C9H6NO2. The highest BCUT2D eigenvalue weighted by atomic mass is 16.6. The summed E-state index contributed by atoms with van der Waals surface area (Å²) in [5.41, 5.74) is 2.18. The molecule has 1 radical (unpaired) electrons. The Morgan fingerprint density at radius 2 is 2.33 bits per heavy atom. The van der Waals surface area contributed by atoms with Gasteiger partial charge in [-0.1, -0.05) is 12.1 Å². The SMILES string of the molecule is O=[N+]([O-])c1ccc2c(c1)C=[C]C2. The van der Waals surface area contributed by atoms with Crippen molar-refractivity contribution in [1.29, 1.82) is 0 Å². The second-order valence-electron chi connectivity index (χ2n) is 2.67. The van der Waals surface area contributed by atoms with Crippen LogP contribution in [0.1, 0.15) is 11.1 Å². The van der Waals surface area contributed by atoms with E-state index < -0.39 is 0 Å². The zero-order valence-corrected chi connectivity index (χ0v) is 6.28. The molecule has 1 aliphatic rings. The summed E-state index contributed by atoms with van der Waals surface area (Å²) in [6, 6.07) is 4.89. The molecule has 0 amide bonds. The van der Waals surface area contributed by atoms with E-state index in [1.165, 1.54) is 6.07 Å². The van der Waals surface area contributed by atoms with Gasteiger partial charge < -0.3 is 0 Å². The molecule has 0 atom stereocenters. The molecular weight excluding hydrogens is 154 g/mol. The van der Waals surface area contributed by atoms with Gasteiger partial charge in [-0.3, -0.25) is 10.1 Å². The summed E-state index contributed by atoms with van der Waals surface area (Å²) in [5, 5.41) is 10.4. The molecule has 0 N–H and O–H groups in total. The third-order valence-electron chi connectivity index (χ3n) is 1.89. The molecule has 0 bridgehead atoms. The minimum absolute atomic E-state index is 0.147. The van der Waals surface area contributed by atoms with Crippen molar-refractivity contribution >= 4 is 11.8 Å². The zero-order valence-electron chi connectivity index (χ0n) is 6.28. The number of nitro groups is 1. The Hall–Kier alpha value is -1.64. The summed E-state index contributed by atoms with van der Waals surface area (Å²) in [6.07, 6.45) is 5.57. The lowest BCUT2D eigenvalue weighted by Gasteiger charge is -1.96. The van der Waals surface area contributed by atoms with Crippen LogP contribution in [0, 0.1) is 16.2 Å². The number of hydrogen-bond acceptors (Lipinski definition) is 2. The zero-order chi connectivity index (χ0) is 8.55. The lowest BCUT2D eigenvalue weighted by molar-refractivity contribution is -0.384. The van der Waals surface area contributed by atoms with E-state index in [4.69, 9.17) is 0 Å². The number of allylic oxidation sites excluding steroid dienone is 1. The number of non-ortho nitro benzene ring substituents is 1. The van der Waals surface area contributed by atoms with Gasteiger partial charge in [0, 0.05) is 12.1 Å². The van der Waals surface area contributed by atoms with Crippen LogP contribution in [0.2, 0.25) is 0 Å². The van der Waals surface area contributed by atoms with Crippen LogP contribution in [0.4, 0.5) is 5.69 Å². The lowest BCUT2D eigenvalue weighted by atomic mass is 10.1. The maximum absolute atomic E-state index is 10.4. The minimum Gasteiger partial charge on any atom is -0.258 e. The van der Waals surface area contributed by atoms with Gasteiger partial charge in [-0.25, -0.2) is 0 Å². The number of fused-ring (bicyclic) bond motifs is 1. The molecule has 0 aromatic heterocycles. The van der Waals surface area contributed by atoms with Crippen LogP contribution in [0.5, 0.6) is 0 Å². The second-order valence-corrected chi connectivity index (χ2v) is 2.67. The highest BCUT2D eigenvalue weighted by Crippen LogP contribution is 2.23. The minimum atomic E-state index is -0.382. The molecule has 0 saturated heterocycles. The van der Waals surface area contributed by atoms with Gasteiger partial charge >= 0.3 is 0 Å². The summed E-state index contributed by atoms with van der Waals surface area (Å²) in [5.74, 6) is 0. The van der Waals surface area contributed by atoms with E-state index in [0.717, 1.165) is 17.5 Å². The molecule has 0 heterocycles. The summed E-state index contributed by atoms with van der Waals surface area (Å²) >= 11 is 0. The van der Waals surface area contributed by atoms with Crippen LogP contribution in [-0.4, -0.2) is 4.92 Å². The Bertz CT molecular complexity index is 369. The fourth-order valence-electron chi connectivity index (χ4n) is 1.26. The summed E-state index contributed by atoms with van der Waals surface area (Å²) < 4.78 is 0. The molecule has 0 aliphatic heterocycles. The Kier molecular flexibility index (Phi) is 1.43. The van der Waals surface area contributed by atoms with Crippen molar-refractivity contribution in [2.75, 3.05) is 0 Å². The molecule has 12 heavy (non-hydrogen) atoms. The van der Waals surface area contributed by atoms with Crippen molar-refractivity contribution in [1.82, 2.24) is 0 Å². The molecule has 59 valence electrons. The number of nitro benzene ring substituents is 1. The highest BCUT2D eigenvalue weighted by Gasteiger charge is 2.10. The molecule has 2 rings (SSSR count). The van der Waals surface area contributed by atoms with E-state index >= 15 is 0 Å². The number of benzene rings is 1. The Labute approximate surface area is 69.5 Å². The summed E-state index contributed by atoms with van der Waals surface area (Å²) in [6.45, 7) is 0. The van der Waals surface area contributed by atoms with E-state index in [0.29, 0.717) is 0 Å². The molecule has 0 spiro atoms.